The molecule has 0 aliphatic rings. The number of urea groups is 1. The van der Waals surface area contributed by atoms with Crippen LogP contribution in [-0.2, 0) is 6.18 Å². The van der Waals surface area contributed by atoms with E-state index in [4.69, 9.17) is 4.74 Å². The van der Waals surface area contributed by atoms with Crippen LogP contribution in [-0.4, -0.2) is 21.0 Å². The molecule has 0 saturated carbocycles. The molecule has 2 heterocycles. The van der Waals surface area contributed by atoms with Crippen LogP contribution in [0.2, 0.25) is 0 Å². The summed E-state index contributed by atoms with van der Waals surface area (Å²) in [4.78, 5) is 25.2. The molecule has 2 N–H and O–H groups in total. The van der Waals surface area contributed by atoms with E-state index < -0.39 is 17.8 Å². The molecular formula is C27H18F3N5O2. The summed E-state index contributed by atoms with van der Waals surface area (Å²) in [6.45, 7) is 0. The van der Waals surface area contributed by atoms with Crippen LogP contribution in [0.5, 0.6) is 11.6 Å². The van der Waals surface area contributed by atoms with Gasteiger partial charge in [-0.05, 0) is 48.5 Å². The van der Waals surface area contributed by atoms with Gasteiger partial charge in [0.15, 0.2) is 0 Å². The highest BCUT2D eigenvalue weighted by Gasteiger charge is 2.30. The fourth-order valence-corrected chi connectivity index (χ4v) is 3.75. The summed E-state index contributed by atoms with van der Waals surface area (Å²) in [6, 6.07) is 19.7. The Balaban J connectivity index is 1.41. The van der Waals surface area contributed by atoms with Crippen molar-refractivity contribution in [2.75, 3.05) is 10.6 Å². The monoisotopic (exact) mass is 501 g/mol. The minimum Gasteiger partial charge on any atom is -0.438 e. The number of hydrogen-bond acceptors (Lipinski definition) is 5. The Bertz CT molecular complexity index is 1580. The number of aromatic nitrogens is 3. The second-order valence-electron chi connectivity index (χ2n) is 7.87. The second-order valence-corrected chi connectivity index (χ2v) is 7.87. The van der Waals surface area contributed by atoms with Crippen molar-refractivity contribution < 1.29 is 22.7 Å². The Hall–Kier alpha value is -4.99. The molecule has 0 aliphatic heterocycles. The van der Waals surface area contributed by atoms with E-state index in [1.807, 2.05) is 18.2 Å². The van der Waals surface area contributed by atoms with Gasteiger partial charge in [-0.3, -0.25) is 0 Å². The number of alkyl halides is 3. The van der Waals surface area contributed by atoms with Crippen molar-refractivity contribution in [1.82, 2.24) is 15.0 Å². The van der Waals surface area contributed by atoms with Crippen LogP contribution in [0.1, 0.15) is 5.56 Å². The Morgan fingerprint density at radius 2 is 1.65 bits per heavy atom. The molecule has 3 aromatic carbocycles. The zero-order chi connectivity index (χ0) is 25.8. The average Bonchev–Trinajstić information content (AvgIpc) is 2.90. The van der Waals surface area contributed by atoms with Crippen LogP contribution >= 0.6 is 0 Å². The molecule has 0 radical (unpaired) electrons. The van der Waals surface area contributed by atoms with Crippen molar-refractivity contribution in [2.24, 2.45) is 0 Å². The maximum Gasteiger partial charge on any atom is 0.416 e. The third-order valence-corrected chi connectivity index (χ3v) is 5.42. The van der Waals surface area contributed by atoms with Gasteiger partial charge >= 0.3 is 12.2 Å². The number of pyridine rings is 1. The first kappa shape index (κ1) is 23.7. The predicted octanol–water partition coefficient (Wildman–Crippen LogP) is 7.15. The highest BCUT2D eigenvalue weighted by molar-refractivity contribution is 6.07. The smallest absolute Gasteiger partial charge is 0.416 e. The first-order valence-corrected chi connectivity index (χ1v) is 11.0. The minimum atomic E-state index is -4.51. The van der Waals surface area contributed by atoms with Gasteiger partial charge in [0.2, 0.25) is 5.88 Å². The summed E-state index contributed by atoms with van der Waals surface area (Å²) < 4.78 is 45.1. The number of fused-ring (bicyclic) bond motifs is 1. The van der Waals surface area contributed by atoms with Gasteiger partial charge in [-0.2, -0.15) is 13.2 Å². The molecule has 5 aromatic rings. The van der Waals surface area contributed by atoms with E-state index in [1.54, 1.807) is 48.8 Å². The van der Waals surface area contributed by atoms with Gasteiger partial charge in [0.1, 0.15) is 12.1 Å². The molecule has 0 spiro atoms. The largest absolute Gasteiger partial charge is 0.438 e. The second kappa shape index (κ2) is 9.94. The van der Waals surface area contributed by atoms with Crippen molar-refractivity contribution in [3.05, 3.63) is 103 Å². The molecule has 0 bridgehead atoms. The number of rotatable bonds is 5. The van der Waals surface area contributed by atoms with Crippen LogP contribution in [0.3, 0.4) is 0 Å². The Morgan fingerprint density at radius 1 is 0.811 bits per heavy atom. The molecule has 0 fully saturated rings. The first-order valence-electron chi connectivity index (χ1n) is 11.0. The SMILES string of the molecule is O=C(Nc1cccc(C(F)(F)F)c1)Nc1ccc(Oc2ncccc2-c2ccncn2)c2ccccc12. The van der Waals surface area contributed by atoms with Gasteiger partial charge in [0.05, 0.1) is 22.5 Å². The first-order chi connectivity index (χ1) is 17.9. The number of nitrogens with zero attached hydrogens (tertiary/aromatic N) is 3. The number of amides is 2. The number of halogens is 3. The summed E-state index contributed by atoms with van der Waals surface area (Å²) in [5.74, 6) is 0.836. The zero-order valence-electron chi connectivity index (χ0n) is 19.0. The van der Waals surface area contributed by atoms with E-state index in [9.17, 15) is 18.0 Å². The molecule has 7 nitrogen and oxygen atoms in total. The summed E-state index contributed by atoms with van der Waals surface area (Å²) in [5, 5.41) is 6.50. The number of carbonyl (C=O) groups excluding carboxylic acids is 1. The molecule has 0 aliphatic carbocycles. The Morgan fingerprint density at radius 3 is 2.43 bits per heavy atom. The minimum absolute atomic E-state index is 0.0176. The van der Waals surface area contributed by atoms with Gasteiger partial charge < -0.3 is 15.4 Å². The van der Waals surface area contributed by atoms with Crippen molar-refractivity contribution in [2.45, 2.75) is 6.18 Å². The number of carbonyl (C=O) groups is 1. The molecule has 37 heavy (non-hydrogen) atoms. The fraction of sp³-hybridized carbons (Fsp3) is 0.0370. The maximum absolute atomic E-state index is 13.0. The molecular weight excluding hydrogens is 483 g/mol. The maximum atomic E-state index is 13.0. The molecule has 2 aromatic heterocycles. The lowest BCUT2D eigenvalue weighted by atomic mass is 10.1. The number of ether oxygens (including phenoxy) is 1. The Labute approximate surface area is 209 Å². The van der Waals surface area contributed by atoms with E-state index in [0.29, 0.717) is 39.3 Å². The zero-order valence-corrected chi connectivity index (χ0v) is 19.0. The molecule has 10 heteroatoms. The van der Waals surface area contributed by atoms with Crippen molar-refractivity contribution in [1.29, 1.82) is 0 Å². The Kier molecular flexibility index (Phi) is 6.38. The van der Waals surface area contributed by atoms with Crippen LogP contribution < -0.4 is 15.4 Å². The third kappa shape index (κ3) is 5.32. The molecule has 0 atom stereocenters. The molecule has 2 amide bonds. The van der Waals surface area contributed by atoms with E-state index >= 15 is 0 Å². The number of hydrogen-bond donors (Lipinski definition) is 2. The van der Waals surface area contributed by atoms with Crippen LogP contribution in [0, 0.1) is 0 Å². The van der Waals surface area contributed by atoms with Crippen molar-refractivity contribution in [3.8, 4) is 22.9 Å². The number of anilines is 2. The average molecular weight is 501 g/mol. The van der Waals surface area contributed by atoms with Gasteiger partial charge in [-0.15, -0.1) is 0 Å². The van der Waals surface area contributed by atoms with E-state index in [2.05, 4.69) is 25.6 Å². The number of nitrogens with one attached hydrogen (secondary N) is 2. The lowest BCUT2D eigenvalue weighted by Crippen LogP contribution is -2.20. The van der Waals surface area contributed by atoms with Crippen molar-refractivity contribution >= 4 is 28.2 Å². The molecule has 0 saturated heterocycles. The van der Waals surface area contributed by atoms with Gasteiger partial charge in [-0.1, -0.05) is 30.3 Å². The summed E-state index contributed by atoms with van der Waals surface area (Å²) >= 11 is 0. The van der Waals surface area contributed by atoms with Crippen LogP contribution in [0.15, 0.2) is 97.6 Å². The summed E-state index contributed by atoms with van der Waals surface area (Å²) in [7, 11) is 0. The van der Waals surface area contributed by atoms with Gasteiger partial charge in [0, 0.05) is 28.9 Å². The third-order valence-electron chi connectivity index (χ3n) is 5.42. The van der Waals surface area contributed by atoms with Crippen molar-refractivity contribution in [3.63, 3.8) is 0 Å². The van der Waals surface area contributed by atoms with Crippen LogP contribution in [0.25, 0.3) is 22.0 Å². The van der Waals surface area contributed by atoms with Gasteiger partial charge in [-0.25, -0.2) is 19.7 Å². The van der Waals surface area contributed by atoms with Gasteiger partial charge in [0.25, 0.3) is 0 Å². The quantitative estimate of drug-likeness (QED) is 0.267. The highest BCUT2D eigenvalue weighted by Crippen LogP contribution is 2.37. The molecule has 0 unspecified atom stereocenters. The summed E-state index contributed by atoms with van der Waals surface area (Å²) in [5.41, 5.74) is 0.935. The lowest BCUT2D eigenvalue weighted by Gasteiger charge is -2.15. The highest BCUT2D eigenvalue weighted by atomic mass is 19.4. The number of benzene rings is 3. The standard InChI is InChI=1S/C27H18F3N5O2/c28-27(29,30)17-5-3-6-18(15-17)34-26(36)35-23-10-11-24(20-8-2-1-7-19(20)23)37-25-21(9-4-13-32-25)22-12-14-31-16-33-22/h1-16H,(H2,34,35,36). The van der Waals surface area contributed by atoms with Crippen LogP contribution in [0.4, 0.5) is 29.3 Å². The van der Waals surface area contributed by atoms with E-state index in [1.165, 1.54) is 18.5 Å². The topological polar surface area (TPSA) is 89.0 Å². The van der Waals surface area contributed by atoms with E-state index in [0.717, 1.165) is 12.1 Å². The molecule has 184 valence electrons. The fourth-order valence-electron chi connectivity index (χ4n) is 3.75. The summed E-state index contributed by atoms with van der Waals surface area (Å²) in [6.07, 6.45) is 0.156. The normalized spacial score (nSPS) is 11.2. The predicted molar refractivity (Wildman–Crippen MR) is 133 cm³/mol. The van der Waals surface area contributed by atoms with E-state index in [-0.39, 0.29) is 5.69 Å². The molecule has 5 rings (SSSR count). The lowest BCUT2D eigenvalue weighted by molar-refractivity contribution is -0.137.